The number of aryl methyl sites for hydroxylation is 1. The maximum atomic E-state index is 10.8. The molecule has 0 spiro atoms. The van der Waals surface area contributed by atoms with Gasteiger partial charge < -0.3 is 0 Å². The van der Waals surface area contributed by atoms with Crippen molar-refractivity contribution in [3.8, 4) is 0 Å². The lowest BCUT2D eigenvalue weighted by molar-refractivity contribution is 0.263. The molecule has 0 bridgehead atoms. The monoisotopic (exact) mass is 452 g/mol. The lowest BCUT2D eigenvalue weighted by Crippen LogP contribution is -2.05. The first kappa shape index (κ1) is 19.2. The highest BCUT2D eigenvalue weighted by molar-refractivity contribution is 7.80. The minimum atomic E-state index is -4.38. The predicted molar refractivity (Wildman–Crippen MR) is 135 cm³/mol. The highest BCUT2D eigenvalue weighted by Gasteiger charge is 2.21. The largest absolute Gasteiger partial charge is 0.397 e. The van der Waals surface area contributed by atoms with Gasteiger partial charge in [-0.25, -0.2) is 4.18 Å². The Bertz CT molecular complexity index is 1860. The third-order valence-electron chi connectivity index (χ3n) is 7.16. The molecule has 4 nitrogen and oxygen atoms in total. The van der Waals surface area contributed by atoms with Gasteiger partial charge in [-0.05, 0) is 89.5 Å². The molecule has 162 valence electrons. The van der Waals surface area contributed by atoms with Gasteiger partial charge in [0.1, 0.15) is 0 Å². The summed E-state index contributed by atoms with van der Waals surface area (Å²) in [4.78, 5) is 0. The van der Waals surface area contributed by atoms with Gasteiger partial charge in [0.25, 0.3) is 0 Å². The molecule has 7 aromatic rings. The second-order valence-electron chi connectivity index (χ2n) is 8.98. The average molecular weight is 453 g/mol. The predicted octanol–water partition coefficient (Wildman–Crippen LogP) is 7.06. The fourth-order valence-electron chi connectivity index (χ4n) is 5.85. The Morgan fingerprint density at radius 1 is 0.606 bits per heavy atom. The molecule has 7 aromatic carbocycles. The van der Waals surface area contributed by atoms with Crippen molar-refractivity contribution in [3.63, 3.8) is 0 Å². The first-order valence-electron chi connectivity index (χ1n) is 11.2. The summed E-state index contributed by atoms with van der Waals surface area (Å²) in [6.45, 7) is -0.0100. The van der Waals surface area contributed by atoms with Gasteiger partial charge in [-0.1, -0.05) is 66.7 Å². The van der Waals surface area contributed by atoms with E-state index in [2.05, 4.69) is 70.9 Å². The number of benzene rings is 7. The van der Waals surface area contributed by atoms with Gasteiger partial charge in [0, 0.05) is 0 Å². The van der Waals surface area contributed by atoms with Crippen LogP contribution in [-0.2, 0) is 21.0 Å². The average Bonchev–Trinajstić information content (AvgIpc) is 2.81. The molecule has 0 aliphatic carbocycles. The van der Waals surface area contributed by atoms with Crippen LogP contribution in [-0.4, -0.2) is 19.6 Å². The molecule has 0 amide bonds. The highest BCUT2D eigenvalue weighted by Crippen LogP contribution is 2.48. The maximum absolute atomic E-state index is 10.8. The van der Waals surface area contributed by atoms with Crippen molar-refractivity contribution in [2.75, 3.05) is 6.61 Å². The zero-order valence-corrected chi connectivity index (χ0v) is 18.6. The first-order chi connectivity index (χ1) is 16.0. The SMILES string of the molecule is O=S(=O)(O)OCCCCc1cc2ccc3ccc4ccc5ccc6ccc1c1c6c5c4c3c21. The molecule has 5 heteroatoms. The zero-order chi connectivity index (χ0) is 22.3. The fourth-order valence-corrected chi connectivity index (χ4v) is 6.18. The summed E-state index contributed by atoms with van der Waals surface area (Å²) < 4.78 is 34.9. The van der Waals surface area contributed by atoms with E-state index in [-0.39, 0.29) is 6.61 Å². The standard InChI is InChI=1S/C28H20O4S/c29-33(30,31)32-14-2-1-3-20-15-21-11-10-18-7-5-16-4-6-17-8-9-19-12-13-22(20)28-26(19)24(17)23(16)25(18)27(21)28/h4-13,15H,1-3,14H2,(H,29,30,31). The quantitative estimate of drug-likeness (QED) is 0.127. The number of hydrogen-bond donors (Lipinski definition) is 1. The topological polar surface area (TPSA) is 63.6 Å². The van der Waals surface area contributed by atoms with E-state index >= 15 is 0 Å². The van der Waals surface area contributed by atoms with Crippen molar-refractivity contribution in [3.05, 3.63) is 72.3 Å². The van der Waals surface area contributed by atoms with E-state index in [1.54, 1.807) is 0 Å². The molecule has 0 fully saturated rings. The molecule has 0 aliphatic rings. The lowest BCUT2D eigenvalue weighted by Gasteiger charge is -2.22. The number of rotatable bonds is 6. The van der Waals surface area contributed by atoms with Gasteiger partial charge in [0.15, 0.2) is 0 Å². The van der Waals surface area contributed by atoms with E-state index in [4.69, 9.17) is 4.55 Å². The van der Waals surface area contributed by atoms with Gasteiger partial charge in [0.2, 0.25) is 0 Å². The molecule has 0 heterocycles. The third-order valence-corrected chi connectivity index (χ3v) is 7.62. The van der Waals surface area contributed by atoms with Crippen molar-refractivity contribution >= 4 is 75.0 Å². The Balaban J connectivity index is 1.51. The van der Waals surface area contributed by atoms with Crippen molar-refractivity contribution in [1.82, 2.24) is 0 Å². The van der Waals surface area contributed by atoms with E-state index in [1.165, 1.54) is 70.2 Å². The molecule has 0 atom stereocenters. The summed E-state index contributed by atoms with van der Waals surface area (Å²) >= 11 is 0. The molecule has 0 saturated heterocycles. The fraction of sp³-hybridized carbons (Fsp3) is 0.143. The summed E-state index contributed by atoms with van der Waals surface area (Å²) in [6.07, 6.45) is 2.14. The summed E-state index contributed by atoms with van der Waals surface area (Å²) in [5.41, 5.74) is 1.26. The normalized spacial score (nSPS) is 13.2. The number of hydrogen-bond acceptors (Lipinski definition) is 3. The van der Waals surface area contributed by atoms with E-state index in [0.717, 1.165) is 12.8 Å². The highest BCUT2D eigenvalue weighted by atomic mass is 32.3. The van der Waals surface area contributed by atoms with Crippen LogP contribution >= 0.6 is 0 Å². The van der Waals surface area contributed by atoms with Crippen LogP contribution < -0.4 is 0 Å². The van der Waals surface area contributed by atoms with Gasteiger partial charge >= 0.3 is 10.4 Å². The number of unbranched alkanes of at least 4 members (excludes halogenated alkanes) is 1. The second kappa shape index (κ2) is 6.64. The Kier molecular flexibility index (Phi) is 3.87. The first-order valence-corrected chi connectivity index (χ1v) is 12.6. The van der Waals surface area contributed by atoms with Crippen LogP contribution in [0.5, 0.6) is 0 Å². The molecule has 0 unspecified atom stereocenters. The molecule has 7 rings (SSSR count). The molecule has 0 aromatic heterocycles. The summed E-state index contributed by atoms with van der Waals surface area (Å²) in [5.74, 6) is 0. The van der Waals surface area contributed by atoms with E-state index in [9.17, 15) is 8.42 Å². The van der Waals surface area contributed by atoms with Gasteiger partial charge in [-0.15, -0.1) is 0 Å². The summed E-state index contributed by atoms with van der Waals surface area (Å²) in [5, 5.41) is 15.6. The van der Waals surface area contributed by atoms with Crippen LogP contribution in [0.15, 0.2) is 66.7 Å². The van der Waals surface area contributed by atoms with Crippen molar-refractivity contribution in [2.45, 2.75) is 19.3 Å². The van der Waals surface area contributed by atoms with Crippen molar-refractivity contribution < 1.29 is 17.2 Å². The van der Waals surface area contributed by atoms with E-state index in [0.29, 0.717) is 6.42 Å². The van der Waals surface area contributed by atoms with Crippen LogP contribution in [0.1, 0.15) is 18.4 Å². The molecule has 0 aliphatic heterocycles. The van der Waals surface area contributed by atoms with E-state index < -0.39 is 10.4 Å². The van der Waals surface area contributed by atoms with Crippen molar-refractivity contribution in [1.29, 1.82) is 0 Å². The Labute approximate surface area is 190 Å². The Hall–Kier alpha value is -3.25. The molecule has 0 radical (unpaired) electrons. The smallest absolute Gasteiger partial charge is 0.264 e. The molecule has 0 saturated carbocycles. The van der Waals surface area contributed by atoms with Crippen LogP contribution in [0.25, 0.3) is 64.6 Å². The van der Waals surface area contributed by atoms with Gasteiger partial charge in [-0.2, -0.15) is 8.42 Å². The molecule has 33 heavy (non-hydrogen) atoms. The van der Waals surface area contributed by atoms with Crippen LogP contribution in [0, 0.1) is 0 Å². The summed E-state index contributed by atoms with van der Waals surface area (Å²) in [6, 6.07) is 24.6. The Morgan fingerprint density at radius 2 is 1.06 bits per heavy atom. The molecular weight excluding hydrogens is 432 g/mol. The molecular formula is C28H20O4S. The maximum Gasteiger partial charge on any atom is 0.397 e. The zero-order valence-electron chi connectivity index (χ0n) is 17.8. The Morgan fingerprint density at radius 3 is 1.61 bits per heavy atom. The summed E-state index contributed by atoms with van der Waals surface area (Å²) in [7, 11) is -4.38. The minimum Gasteiger partial charge on any atom is -0.264 e. The van der Waals surface area contributed by atoms with Gasteiger partial charge in [0.05, 0.1) is 6.61 Å². The second-order valence-corrected chi connectivity index (χ2v) is 10.1. The van der Waals surface area contributed by atoms with Crippen LogP contribution in [0.4, 0.5) is 0 Å². The third kappa shape index (κ3) is 2.73. The molecule has 1 N–H and O–H groups in total. The van der Waals surface area contributed by atoms with Crippen LogP contribution in [0.2, 0.25) is 0 Å². The van der Waals surface area contributed by atoms with Crippen molar-refractivity contribution in [2.24, 2.45) is 0 Å². The lowest BCUT2D eigenvalue weighted by atomic mass is 9.81. The minimum absolute atomic E-state index is 0.0100. The van der Waals surface area contributed by atoms with Crippen LogP contribution in [0.3, 0.4) is 0 Å². The van der Waals surface area contributed by atoms with Gasteiger partial charge in [-0.3, -0.25) is 4.55 Å². The van der Waals surface area contributed by atoms with E-state index in [1.807, 2.05) is 0 Å².